The van der Waals surface area contributed by atoms with Gasteiger partial charge in [0, 0.05) is 23.1 Å². The smallest absolute Gasteiger partial charge is 0.130 e. The first-order valence-corrected chi connectivity index (χ1v) is 9.41. The normalized spacial score (nSPS) is 14.5. The van der Waals surface area contributed by atoms with Crippen LogP contribution >= 0.6 is 11.3 Å². The molecule has 1 atom stereocenters. The van der Waals surface area contributed by atoms with Crippen LogP contribution in [0.2, 0.25) is 0 Å². The first-order chi connectivity index (χ1) is 12.2. The molecule has 0 spiro atoms. The minimum absolute atomic E-state index is 0.00959. The minimum atomic E-state index is -0.547. The maximum absolute atomic E-state index is 13.9. The number of hydrogen-bond donors (Lipinski definition) is 1. The Morgan fingerprint density at radius 3 is 2.68 bits per heavy atom. The zero-order valence-electron chi connectivity index (χ0n) is 13.8. The molecule has 0 bridgehead atoms. The first kappa shape index (κ1) is 16.4. The van der Waals surface area contributed by atoms with Crippen molar-refractivity contribution >= 4 is 11.3 Å². The third-order valence-corrected chi connectivity index (χ3v) is 5.73. The summed E-state index contributed by atoms with van der Waals surface area (Å²) < 4.78 is 27.1. The van der Waals surface area contributed by atoms with E-state index in [4.69, 9.17) is 0 Å². The molecular weight excluding hydrogens is 336 g/mol. The Balaban J connectivity index is 1.61. The number of benzene rings is 2. The molecular formula is C21H19F2NS. The third kappa shape index (κ3) is 3.51. The van der Waals surface area contributed by atoms with Gasteiger partial charge in [-0.1, -0.05) is 30.3 Å². The van der Waals surface area contributed by atoms with Gasteiger partial charge in [0.15, 0.2) is 0 Å². The second-order valence-electron chi connectivity index (χ2n) is 6.45. The molecule has 4 heteroatoms. The zero-order valence-corrected chi connectivity index (χ0v) is 14.6. The van der Waals surface area contributed by atoms with Crippen LogP contribution in [0.4, 0.5) is 8.78 Å². The first-order valence-electron chi connectivity index (χ1n) is 8.53. The molecule has 1 aromatic heterocycles. The number of nitrogens with one attached hydrogen (secondary N) is 1. The highest BCUT2D eigenvalue weighted by Crippen LogP contribution is 2.31. The average Bonchev–Trinajstić information content (AvgIpc) is 3.28. The summed E-state index contributed by atoms with van der Waals surface area (Å²) in [4.78, 5) is 1.19. The summed E-state index contributed by atoms with van der Waals surface area (Å²) in [6.07, 6.45) is 3.51. The van der Waals surface area contributed by atoms with E-state index in [0.717, 1.165) is 18.9 Å². The van der Waals surface area contributed by atoms with Crippen LogP contribution in [0.3, 0.4) is 0 Å². The van der Waals surface area contributed by atoms with Gasteiger partial charge >= 0.3 is 0 Å². The Hall–Kier alpha value is -2.04. The Bertz CT molecular complexity index is 874. The quantitative estimate of drug-likeness (QED) is 0.647. The molecule has 0 saturated carbocycles. The van der Waals surface area contributed by atoms with Gasteiger partial charge in [0.2, 0.25) is 0 Å². The number of rotatable bonds is 5. The van der Waals surface area contributed by atoms with Gasteiger partial charge in [-0.2, -0.15) is 0 Å². The van der Waals surface area contributed by atoms with Gasteiger partial charge < -0.3 is 5.32 Å². The maximum Gasteiger partial charge on any atom is 0.130 e. The van der Waals surface area contributed by atoms with Crippen LogP contribution in [-0.4, -0.2) is 0 Å². The Labute approximate surface area is 150 Å². The van der Waals surface area contributed by atoms with Crippen molar-refractivity contribution in [2.45, 2.75) is 31.8 Å². The Morgan fingerprint density at radius 2 is 1.88 bits per heavy atom. The summed E-state index contributed by atoms with van der Waals surface area (Å²) in [5, 5.41) is 5.51. The number of aryl methyl sites for hydroxylation is 2. The fraction of sp³-hybridized carbons (Fsp3) is 0.238. The van der Waals surface area contributed by atoms with E-state index in [9.17, 15) is 8.78 Å². The monoisotopic (exact) mass is 355 g/mol. The highest BCUT2D eigenvalue weighted by atomic mass is 32.1. The van der Waals surface area contributed by atoms with Gasteiger partial charge in [-0.25, -0.2) is 8.78 Å². The van der Waals surface area contributed by atoms with Crippen molar-refractivity contribution in [3.05, 3.63) is 92.7 Å². The summed E-state index contributed by atoms with van der Waals surface area (Å²) in [7, 11) is 0. The molecule has 25 heavy (non-hydrogen) atoms. The molecule has 1 aliphatic rings. The predicted octanol–water partition coefficient (Wildman–Crippen LogP) is 5.39. The predicted molar refractivity (Wildman–Crippen MR) is 97.8 cm³/mol. The van der Waals surface area contributed by atoms with Crippen LogP contribution in [0.15, 0.2) is 53.9 Å². The lowest BCUT2D eigenvalue weighted by molar-refractivity contribution is 0.547. The van der Waals surface area contributed by atoms with Crippen molar-refractivity contribution in [1.82, 2.24) is 5.32 Å². The number of fused-ring (bicyclic) bond motifs is 1. The third-order valence-electron chi connectivity index (χ3n) is 4.80. The lowest BCUT2D eigenvalue weighted by atomic mass is 9.99. The number of halogens is 2. The lowest BCUT2D eigenvalue weighted by Crippen LogP contribution is -2.22. The van der Waals surface area contributed by atoms with Crippen molar-refractivity contribution < 1.29 is 8.78 Å². The number of thiophene rings is 1. The van der Waals surface area contributed by atoms with Crippen molar-refractivity contribution in [1.29, 1.82) is 0 Å². The molecule has 2 aromatic carbocycles. The molecule has 0 amide bonds. The van der Waals surface area contributed by atoms with Crippen LogP contribution in [0.1, 0.15) is 39.6 Å². The van der Waals surface area contributed by atoms with E-state index in [1.54, 1.807) is 11.3 Å². The number of hydrogen-bond acceptors (Lipinski definition) is 2. The molecule has 1 nitrogen and oxygen atoms in total. The fourth-order valence-electron chi connectivity index (χ4n) is 3.49. The van der Waals surface area contributed by atoms with E-state index in [1.807, 2.05) is 6.07 Å². The Morgan fingerprint density at radius 1 is 1.00 bits per heavy atom. The van der Waals surface area contributed by atoms with Crippen LogP contribution in [0.25, 0.3) is 0 Å². The van der Waals surface area contributed by atoms with E-state index in [2.05, 4.69) is 35.0 Å². The molecule has 1 aliphatic carbocycles. The van der Waals surface area contributed by atoms with E-state index in [0.29, 0.717) is 12.1 Å². The van der Waals surface area contributed by atoms with E-state index in [-0.39, 0.29) is 6.04 Å². The highest BCUT2D eigenvalue weighted by Gasteiger charge is 2.19. The molecule has 1 N–H and O–H groups in total. The fourth-order valence-corrected chi connectivity index (χ4v) is 4.31. The van der Waals surface area contributed by atoms with Crippen LogP contribution in [-0.2, 0) is 19.4 Å². The van der Waals surface area contributed by atoms with Crippen molar-refractivity contribution in [3.8, 4) is 0 Å². The molecule has 128 valence electrons. The van der Waals surface area contributed by atoms with Crippen LogP contribution in [0.5, 0.6) is 0 Å². The summed E-state index contributed by atoms with van der Waals surface area (Å²) in [6, 6.07) is 14.5. The second kappa shape index (κ2) is 7.06. The largest absolute Gasteiger partial charge is 0.301 e. The SMILES string of the molecule is Fc1ccc(CN[C@@H](c2ccc3c(c2)CCC3)c2cccs2)c(F)c1. The molecule has 0 aliphatic heterocycles. The maximum atomic E-state index is 13.9. The Kier molecular flexibility index (Phi) is 4.64. The van der Waals surface area contributed by atoms with Crippen LogP contribution in [0, 0.1) is 11.6 Å². The molecule has 0 unspecified atom stereocenters. The minimum Gasteiger partial charge on any atom is -0.301 e. The standard InChI is InChI=1S/C21H19F2NS/c22-18-9-8-17(19(23)12-18)13-24-21(20-5-2-10-25-20)16-7-6-14-3-1-4-15(14)11-16/h2,5-12,21,24H,1,3-4,13H2/t21-/m0/s1. The van der Waals surface area contributed by atoms with Crippen molar-refractivity contribution in [3.63, 3.8) is 0 Å². The topological polar surface area (TPSA) is 12.0 Å². The van der Waals surface area contributed by atoms with E-state index in [1.165, 1.54) is 40.1 Å². The van der Waals surface area contributed by atoms with Gasteiger partial charge in [-0.05, 0) is 53.5 Å². The van der Waals surface area contributed by atoms with Gasteiger partial charge in [0.1, 0.15) is 11.6 Å². The summed E-state index contributed by atoms with van der Waals surface area (Å²) in [5.41, 5.74) is 4.54. The highest BCUT2D eigenvalue weighted by molar-refractivity contribution is 7.10. The van der Waals surface area contributed by atoms with Gasteiger partial charge in [-0.15, -0.1) is 11.3 Å². The molecule has 0 radical (unpaired) electrons. The van der Waals surface area contributed by atoms with Crippen molar-refractivity contribution in [2.24, 2.45) is 0 Å². The van der Waals surface area contributed by atoms with E-state index >= 15 is 0 Å². The molecule has 1 heterocycles. The second-order valence-corrected chi connectivity index (χ2v) is 7.43. The summed E-state index contributed by atoms with van der Waals surface area (Å²) in [6.45, 7) is 0.353. The van der Waals surface area contributed by atoms with Gasteiger partial charge in [0.25, 0.3) is 0 Å². The average molecular weight is 355 g/mol. The summed E-state index contributed by atoms with van der Waals surface area (Å²) in [5.74, 6) is -1.05. The lowest BCUT2D eigenvalue weighted by Gasteiger charge is -2.19. The van der Waals surface area contributed by atoms with E-state index < -0.39 is 11.6 Å². The molecule has 3 aromatic rings. The molecule has 0 fully saturated rings. The molecule has 0 saturated heterocycles. The van der Waals surface area contributed by atoms with Crippen LogP contribution < -0.4 is 5.32 Å². The van der Waals surface area contributed by atoms with Gasteiger partial charge in [-0.3, -0.25) is 0 Å². The summed E-state index contributed by atoms with van der Waals surface area (Å²) >= 11 is 1.68. The zero-order chi connectivity index (χ0) is 17.2. The van der Waals surface area contributed by atoms with Gasteiger partial charge in [0.05, 0.1) is 6.04 Å². The molecule has 4 rings (SSSR count). The van der Waals surface area contributed by atoms with Crippen molar-refractivity contribution in [2.75, 3.05) is 0 Å².